The molecule has 0 heterocycles. The Morgan fingerprint density at radius 1 is 1.33 bits per heavy atom. The minimum Gasteiger partial charge on any atom is -0.319 e. The van der Waals surface area contributed by atoms with Gasteiger partial charge in [0.1, 0.15) is 11.6 Å². The number of rotatable bonds is 2. The van der Waals surface area contributed by atoms with Crippen LogP contribution in [0, 0.1) is 11.6 Å². The topological polar surface area (TPSA) is 43.1 Å². The third-order valence-electron chi connectivity index (χ3n) is 2.87. The number of carbonyl (C=O) groups excluding carboxylic acids is 1. The zero-order chi connectivity index (χ0) is 11.1. The van der Waals surface area contributed by atoms with E-state index in [9.17, 15) is 13.6 Å². The van der Waals surface area contributed by atoms with Gasteiger partial charge in [-0.1, -0.05) is 0 Å². The molecule has 1 fully saturated rings. The van der Waals surface area contributed by atoms with Crippen LogP contribution in [0.15, 0.2) is 18.2 Å². The molecule has 2 N–H and O–H groups in total. The summed E-state index contributed by atoms with van der Waals surface area (Å²) in [5.41, 5.74) is 4.73. The van der Waals surface area contributed by atoms with Gasteiger partial charge in [-0.05, 0) is 31.4 Å². The predicted molar refractivity (Wildman–Crippen MR) is 51.5 cm³/mol. The van der Waals surface area contributed by atoms with E-state index in [0.717, 1.165) is 18.6 Å². The summed E-state index contributed by atoms with van der Waals surface area (Å²) >= 11 is 0. The van der Waals surface area contributed by atoms with Crippen molar-refractivity contribution in [3.8, 4) is 0 Å². The Balaban J connectivity index is 2.33. The van der Waals surface area contributed by atoms with E-state index in [1.54, 1.807) is 0 Å². The number of carbonyl (C=O) groups is 1. The molecule has 0 bridgehead atoms. The number of halogens is 2. The Bertz CT molecular complexity index is 413. The summed E-state index contributed by atoms with van der Waals surface area (Å²) in [5, 5.41) is 0. The van der Waals surface area contributed by atoms with Crippen LogP contribution in [-0.2, 0) is 0 Å². The molecule has 15 heavy (non-hydrogen) atoms. The molecule has 0 spiro atoms. The fourth-order valence-corrected chi connectivity index (χ4v) is 1.73. The largest absolute Gasteiger partial charge is 0.319 e. The predicted octanol–water partition coefficient (Wildman–Crippen LogP) is 2.03. The minimum atomic E-state index is -0.932. The molecule has 4 heteroatoms. The van der Waals surface area contributed by atoms with Gasteiger partial charge in [0.05, 0.1) is 11.1 Å². The summed E-state index contributed by atoms with van der Waals surface area (Å²) in [5.74, 6) is -1.95. The van der Waals surface area contributed by atoms with E-state index in [1.165, 1.54) is 0 Å². The van der Waals surface area contributed by atoms with Gasteiger partial charge in [-0.2, -0.15) is 0 Å². The van der Waals surface area contributed by atoms with Crippen LogP contribution < -0.4 is 5.73 Å². The van der Waals surface area contributed by atoms with Crippen molar-refractivity contribution in [2.45, 2.75) is 24.8 Å². The second-order valence-corrected chi connectivity index (χ2v) is 3.96. The Labute approximate surface area is 86.1 Å². The first-order chi connectivity index (χ1) is 7.03. The van der Waals surface area contributed by atoms with Gasteiger partial charge in [-0.3, -0.25) is 4.79 Å². The molecule has 1 saturated carbocycles. The molecule has 2 rings (SSSR count). The van der Waals surface area contributed by atoms with Crippen LogP contribution in [0.4, 0.5) is 8.78 Å². The van der Waals surface area contributed by atoms with Crippen molar-refractivity contribution >= 4 is 5.78 Å². The molecule has 1 aromatic rings. The quantitative estimate of drug-likeness (QED) is 0.760. The summed E-state index contributed by atoms with van der Waals surface area (Å²) in [7, 11) is 0. The zero-order valence-corrected chi connectivity index (χ0v) is 8.09. The lowest BCUT2D eigenvalue weighted by atomic mass is 9.73. The number of nitrogens with two attached hydrogens (primary N) is 1. The van der Waals surface area contributed by atoms with E-state index in [-0.39, 0.29) is 5.56 Å². The Morgan fingerprint density at radius 3 is 2.47 bits per heavy atom. The maximum absolute atomic E-state index is 13.3. The van der Waals surface area contributed by atoms with Gasteiger partial charge in [0.2, 0.25) is 0 Å². The van der Waals surface area contributed by atoms with Crippen LogP contribution in [0.2, 0.25) is 0 Å². The highest BCUT2D eigenvalue weighted by Crippen LogP contribution is 2.32. The van der Waals surface area contributed by atoms with E-state index in [2.05, 4.69) is 0 Å². The molecule has 0 saturated heterocycles. The van der Waals surface area contributed by atoms with E-state index in [1.807, 2.05) is 0 Å². The first-order valence-corrected chi connectivity index (χ1v) is 4.82. The van der Waals surface area contributed by atoms with Crippen molar-refractivity contribution in [2.75, 3.05) is 0 Å². The highest BCUT2D eigenvalue weighted by molar-refractivity contribution is 6.03. The van der Waals surface area contributed by atoms with Crippen LogP contribution in [0.25, 0.3) is 0 Å². The highest BCUT2D eigenvalue weighted by Gasteiger charge is 2.41. The first-order valence-electron chi connectivity index (χ1n) is 4.82. The zero-order valence-electron chi connectivity index (χ0n) is 8.09. The molecule has 1 aromatic carbocycles. The Hall–Kier alpha value is -1.29. The highest BCUT2D eigenvalue weighted by atomic mass is 19.1. The molecular weight excluding hydrogens is 200 g/mol. The lowest BCUT2D eigenvalue weighted by Crippen LogP contribution is -2.53. The van der Waals surface area contributed by atoms with Crippen molar-refractivity contribution in [3.63, 3.8) is 0 Å². The number of hydrogen-bond donors (Lipinski definition) is 1. The molecule has 0 aromatic heterocycles. The van der Waals surface area contributed by atoms with Crippen molar-refractivity contribution in [3.05, 3.63) is 35.4 Å². The normalized spacial score (nSPS) is 18.3. The molecule has 1 aliphatic carbocycles. The Kier molecular flexibility index (Phi) is 2.31. The van der Waals surface area contributed by atoms with Crippen LogP contribution in [0.5, 0.6) is 0 Å². The number of Topliss-reactive ketones (excluding diaryl/α,β-unsaturated/α-hetero) is 1. The fraction of sp³-hybridized carbons (Fsp3) is 0.364. The van der Waals surface area contributed by atoms with Gasteiger partial charge in [-0.25, -0.2) is 8.78 Å². The molecule has 0 radical (unpaired) electrons. The lowest BCUT2D eigenvalue weighted by Gasteiger charge is -2.36. The second-order valence-electron chi connectivity index (χ2n) is 3.96. The summed E-state index contributed by atoms with van der Waals surface area (Å²) in [4.78, 5) is 11.8. The van der Waals surface area contributed by atoms with Crippen molar-refractivity contribution in [2.24, 2.45) is 5.73 Å². The van der Waals surface area contributed by atoms with E-state index < -0.39 is 23.0 Å². The van der Waals surface area contributed by atoms with Gasteiger partial charge < -0.3 is 5.73 Å². The van der Waals surface area contributed by atoms with E-state index in [0.29, 0.717) is 18.9 Å². The monoisotopic (exact) mass is 211 g/mol. The maximum Gasteiger partial charge on any atom is 0.185 e. The average molecular weight is 211 g/mol. The molecular formula is C11H11F2NO. The van der Waals surface area contributed by atoms with Gasteiger partial charge in [-0.15, -0.1) is 0 Å². The molecule has 0 atom stereocenters. The minimum absolute atomic E-state index is 0.112. The molecule has 0 unspecified atom stereocenters. The second kappa shape index (κ2) is 3.38. The van der Waals surface area contributed by atoms with Gasteiger partial charge in [0.15, 0.2) is 5.78 Å². The maximum atomic E-state index is 13.3. The van der Waals surface area contributed by atoms with Crippen LogP contribution in [0.3, 0.4) is 0 Å². The van der Waals surface area contributed by atoms with Gasteiger partial charge in [0.25, 0.3) is 0 Å². The summed E-state index contributed by atoms with van der Waals surface area (Å²) in [6, 6.07) is 2.92. The first kappa shape index (κ1) is 10.2. The molecule has 0 amide bonds. The number of hydrogen-bond acceptors (Lipinski definition) is 2. The van der Waals surface area contributed by atoms with Crippen LogP contribution in [0.1, 0.15) is 29.6 Å². The fourth-order valence-electron chi connectivity index (χ4n) is 1.73. The van der Waals surface area contributed by atoms with E-state index >= 15 is 0 Å². The van der Waals surface area contributed by atoms with Gasteiger partial charge in [0, 0.05) is 6.07 Å². The Morgan fingerprint density at radius 2 is 2.00 bits per heavy atom. The third-order valence-corrected chi connectivity index (χ3v) is 2.87. The summed E-state index contributed by atoms with van der Waals surface area (Å²) < 4.78 is 25.9. The van der Waals surface area contributed by atoms with Crippen molar-refractivity contribution in [1.82, 2.24) is 0 Å². The smallest absolute Gasteiger partial charge is 0.185 e. The third kappa shape index (κ3) is 1.65. The number of benzene rings is 1. The SMILES string of the molecule is NC1(C(=O)c2ccc(F)cc2F)CCC1. The van der Waals surface area contributed by atoms with Crippen LogP contribution in [-0.4, -0.2) is 11.3 Å². The van der Waals surface area contributed by atoms with Crippen molar-refractivity contribution < 1.29 is 13.6 Å². The van der Waals surface area contributed by atoms with Crippen molar-refractivity contribution in [1.29, 1.82) is 0 Å². The summed E-state index contributed by atoms with van der Waals surface area (Å²) in [6.07, 6.45) is 2.02. The average Bonchev–Trinajstić information content (AvgIpc) is 2.13. The van der Waals surface area contributed by atoms with Gasteiger partial charge >= 0.3 is 0 Å². The molecule has 80 valence electrons. The van der Waals surface area contributed by atoms with Crippen LogP contribution >= 0.6 is 0 Å². The van der Waals surface area contributed by atoms with E-state index in [4.69, 9.17) is 5.73 Å². The summed E-state index contributed by atoms with van der Waals surface area (Å²) in [6.45, 7) is 0. The number of ketones is 1. The molecule has 2 nitrogen and oxygen atoms in total. The lowest BCUT2D eigenvalue weighted by molar-refractivity contribution is 0.0796. The molecule has 0 aliphatic heterocycles. The molecule has 1 aliphatic rings. The standard InChI is InChI=1S/C11H11F2NO/c12-7-2-3-8(9(13)6-7)10(15)11(14)4-1-5-11/h2-3,6H,1,4-5,14H2.